The highest BCUT2D eigenvalue weighted by molar-refractivity contribution is 4.90. The summed E-state index contributed by atoms with van der Waals surface area (Å²) >= 11 is 0. The van der Waals surface area contributed by atoms with E-state index in [0.717, 1.165) is 18.8 Å². The van der Waals surface area contributed by atoms with E-state index < -0.39 is 0 Å². The quantitative estimate of drug-likeness (QED) is 0.760. The van der Waals surface area contributed by atoms with Gasteiger partial charge in [-0.1, -0.05) is 12.1 Å². The van der Waals surface area contributed by atoms with Crippen LogP contribution < -0.4 is 0 Å². The fraction of sp³-hybridized carbons (Fsp3) is 0.818. The first kappa shape index (κ1) is 12.5. The summed E-state index contributed by atoms with van der Waals surface area (Å²) in [6.45, 7) is 4.77. The van der Waals surface area contributed by atoms with Gasteiger partial charge in [0, 0.05) is 13.0 Å². The minimum atomic E-state index is -0.109. The lowest BCUT2D eigenvalue weighted by Gasteiger charge is -2.42. The van der Waals surface area contributed by atoms with Crippen LogP contribution in [0.1, 0.15) is 18.6 Å². The first-order chi connectivity index (χ1) is 8.17. The van der Waals surface area contributed by atoms with Crippen molar-refractivity contribution in [1.82, 2.24) is 15.0 Å². The molecule has 1 fully saturated rings. The molecule has 0 radical (unpaired) electrons. The van der Waals surface area contributed by atoms with Crippen molar-refractivity contribution >= 4 is 0 Å². The van der Waals surface area contributed by atoms with E-state index in [4.69, 9.17) is 9.26 Å². The Morgan fingerprint density at radius 2 is 2.24 bits per heavy atom. The van der Waals surface area contributed by atoms with E-state index in [-0.39, 0.29) is 12.0 Å². The molecule has 2 rings (SSSR count). The molecule has 1 aliphatic rings. The smallest absolute Gasteiger partial charge is 0.240 e. The highest BCUT2D eigenvalue weighted by atomic mass is 16.5. The van der Waals surface area contributed by atoms with Crippen LogP contribution in [0.5, 0.6) is 0 Å². The molecule has 1 aromatic heterocycles. The van der Waals surface area contributed by atoms with E-state index in [1.807, 2.05) is 14.0 Å². The van der Waals surface area contributed by atoms with E-state index in [1.54, 1.807) is 0 Å². The Balaban J connectivity index is 1.86. The Morgan fingerprint density at radius 1 is 1.47 bits per heavy atom. The number of hydrogen-bond donors (Lipinski definition) is 1. The zero-order chi connectivity index (χ0) is 12.3. The number of ether oxygens (including phenoxy) is 1. The molecule has 0 amide bonds. The second kappa shape index (κ2) is 5.12. The van der Waals surface area contributed by atoms with Gasteiger partial charge in [0.05, 0.1) is 31.8 Å². The van der Waals surface area contributed by atoms with Crippen molar-refractivity contribution in [1.29, 1.82) is 0 Å². The van der Waals surface area contributed by atoms with Gasteiger partial charge in [-0.15, -0.1) is 0 Å². The third kappa shape index (κ3) is 2.83. The van der Waals surface area contributed by atoms with Gasteiger partial charge in [0.25, 0.3) is 0 Å². The van der Waals surface area contributed by atoms with E-state index in [0.29, 0.717) is 25.6 Å². The molecule has 0 aliphatic carbocycles. The van der Waals surface area contributed by atoms with Crippen LogP contribution in [0.2, 0.25) is 0 Å². The molecule has 17 heavy (non-hydrogen) atoms. The molecule has 2 heterocycles. The second-order valence-electron chi connectivity index (χ2n) is 4.78. The molecular weight excluding hydrogens is 222 g/mol. The first-order valence-corrected chi connectivity index (χ1v) is 5.86. The fourth-order valence-electron chi connectivity index (χ4n) is 1.98. The largest absolute Gasteiger partial charge is 0.396 e. The standard InChI is InChI=1S/C11H19N3O3/c1-3-9-12-10(17-13-9)4-14(2)5-11(6-15)7-16-8-11/h15H,3-8H2,1-2H3. The average molecular weight is 241 g/mol. The van der Waals surface area contributed by atoms with Crippen molar-refractivity contribution < 1.29 is 14.4 Å². The summed E-state index contributed by atoms with van der Waals surface area (Å²) in [6.07, 6.45) is 0.779. The molecular formula is C11H19N3O3. The molecule has 1 saturated heterocycles. The first-order valence-electron chi connectivity index (χ1n) is 5.86. The van der Waals surface area contributed by atoms with Gasteiger partial charge in [0.15, 0.2) is 5.82 Å². The number of aliphatic hydroxyl groups excluding tert-OH is 1. The van der Waals surface area contributed by atoms with Gasteiger partial charge in [-0.2, -0.15) is 4.98 Å². The van der Waals surface area contributed by atoms with Crippen molar-refractivity contribution in [2.24, 2.45) is 5.41 Å². The van der Waals surface area contributed by atoms with Crippen LogP contribution in [0, 0.1) is 5.41 Å². The van der Waals surface area contributed by atoms with Gasteiger partial charge in [-0.25, -0.2) is 0 Å². The van der Waals surface area contributed by atoms with Crippen LogP contribution in [-0.2, 0) is 17.7 Å². The summed E-state index contributed by atoms with van der Waals surface area (Å²) in [5.41, 5.74) is -0.109. The molecule has 0 unspecified atom stereocenters. The summed E-state index contributed by atoms with van der Waals surface area (Å²) in [7, 11) is 1.98. The lowest BCUT2D eigenvalue weighted by Crippen LogP contribution is -2.52. The number of aromatic nitrogens is 2. The Morgan fingerprint density at radius 3 is 2.71 bits per heavy atom. The van der Waals surface area contributed by atoms with Gasteiger partial charge < -0.3 is 14.4 Å². The maximum Gasteiger partial charge on any atom is 0.240 e. The fourth-order valence-corrected chi connectivity index (χ4v) is 1.98. The lowest BCUT2D eigenvalue weighted by atomic mass is 9.86. The van der Waals surface area contributed by atoms with Crippen LogP contribution in [0.3, 0.4) is 0 Å². The molecule has 1 aliphatic heterocycles. The highest BCUT2D eigenvalue weighted by Gasteiger charge is 2.39. The van der Waals surface area contributed by atoms with Crippen LogP contribution in [0.15, 0.2) is 4.52 Å². The molecule has 0 saturated carbocycles. The van der Waals surface area contributed by atoms with Gasteiger partial charge in [0.1, 0.15) is 0 Å². The van der Waals surface area contributed by atoms with Crippen molar-refractivity contribution in [3.05, 3.63) is 11.7 Å². The third-order valence-electron chi connectivity index (χ3n) is 2.99. The van der Waals surface area contributed by atoms with E-state index >= 15 is 0 Å². The highest BCUT2D eigenvalue weighted by Crippen LogP contribution is 2.27. The summed E-state index contributed by atoms with van der Waals surface area (Å²) in [4.78, 5) is 6.33. The summed E-state index contributed by atoms with van der Waals surface area (Å²) in [5, 5.41) is 13.2. The zero-order valence-electron chi connectivity index (χ0n) is 10.3. The van der Waals surface area contributed by atoms with Gasteiger partial charge in [-0.05, 0) is 7.05 Å². The molecule has 6 nitrogen and oxygen atoms in total. The van der Waals surface area contributed by atoms with Gasteiger partial charge >= 0.3 is 0 Å². The number of nitrogens with zero attached hydrogens (tertiary/aromatic N) is 3. The van der Waals surface area contributed by atoms with E-state index in [2.05, 4.69) is 15.0 Å². The summed E-state index contributed by atoms with van der Waals surface area (Å²) < 4.78 is 10.3. The molecule has 1 N–H and O–H groups in total. The van der Waals surface area contributed by atoms with Crippen molar-refractivity contribution in [2.45, 2.75) is 19.9 Å². The summed E-state index contributed by atoms with van der Waals surface area (Å²) in [6, 6.07) is 0. The number of hydrogen-bond acceptors (Lipinski definition) is 6. The van der Waals surface area contributed by atoms with Gasteiger partial charge in [-0.3, -0.25) is 4.90 Å². The molecule has 0 bridgehead atoms. The molecule has 0 aromatic carbocycles. The Labute approximate surface area is 101 Å². The normalized spacial score (nSPS) is 18.4. The maximum atomic E-state index is 9.34. The van der Waals surface area contributed by atoms with Crippen LogP contribution in [0.4, 0.5) is 0 Å². The Bertz CT molecular complexity index is 357. The number of aryl methyl sites for hydroxylation is 1. The van der Waals surface area contributed by atoms with Crippen LogP contribution in [0.25, 0.3) is 0 Å². The monoisotopic (exact) mass is 241 g/mol. The van der Waals surface area contributed by atoms with E-state index in [9.17, 15) is 5.11 Å². The minimum absolute atomic E-state index is 0.109. The topological polar surface area (TPSA) is 71.6 Å². The minimum Gasteiger partial charge on any atom is -0.396 e. The molecule has 96 valence electrons. The van der Waals surface area contributed by atoms with Gasteiger partial charge in [0.2, 0.25) is 5.89 Å². The Kier molecular flexibility index (Phi) is 3.76. The van der Waals surface area contributed by atoms with Crippen LogP contribution in [-0.4, -0.2) is 53.6 Å². The summed E-state index contributed by atoms with van der Waals surface area (Å²) in [5.74, 6) is 1.36. The SMILES string of the molecule is CCc1noc(CN(C)CC2(CO)COC2)n1. The molecule has 0 spiro atoms. The third-order valence-corrected chi connectivity index (χ3v) is 2.99. The lowest BCUT2D eigenvalue weighted by molar-refractivity contribution is -0.147. The molecule has 0 atom stereocenters. The second-order valence-corrected chi connectivity index (χ2v) is 4.78. The number of aliphatic hydroxyl groups is 1. The predicted octanol–water partition coefficient (Wildman–Crippen LogP) is 0.0727. The molecule has 1 aromatic rings. The Hall–Kier alpha value is -0.980. The number of rotatable bonds is 6. The van der Waals surface area contributed by atoms with Crippen molar-refractivity contribution in [2.75, 3.05) is 33.4 Å². The van der Waals surface area contributed by atoms with Crippen molar-refractivity contribution in [3.8, 4) is 0 Å². The van der Waals surface area contributed by atoms with Crippen molar-refractivity contribution in [3.63, 3.8) is 0 Å². The maximum absolute atomic E-state index is 9.34. The predicted molar refractivity (Wildman–Crippen MR) is 60.3 cm³/mol. The van der Waals surface area contributed by atoms with Crippen LogP contribution >= 0.6 is 0 Å². The zero-order valence-corrected chi connectivity index (χ0v) is 10.3. The molecule has 6 heteroatoms. The average Bonchev–Trinajstić information content (AvgIpc) is 2.71. The van der Waals surface area contributed by atoms with E-state index in [1.165, 1.54) is 0 Å².